The Morgan fingerprint density at radius 2 is 2.36 bits per heavy atom. The molecule has 1 rings (SSSR count). The highest BCUT2D eigenvalue weighted by atomic mass is 16.5. The van der Waals surface area contributed by atoms with Gasteiger partial charge in [0.15, 0.2) is 0 Å². The number of rotatable bonds is 3. The van der Waals surface area contributed by atoms with Gasteiger partial charge in [-0.25, -0.2) is 4.68 Å². The van der Waals surface area contributed by atoms with Gasteiger partial charge in [-0.1, -0.05) is 0 Å². The van der Waals surface area contributed by atoms with Crippen LogP contribution in [0.3, 0.4) is 0 Å². The lowest BCUT2D eigenvalue weighted by Gasteiger charge is -2.07. The number of ether oxygens (including phenoxy) is 1. The van der Waals surface area contributed by atoms with E-state index in [1.165, 1.54) is 18.3 Å². The van der Waals surface area contributed by atoms with Gasteiger partial charge in [-0.05, 0) is 19.9 Å². The van der Waals surface area contributed by atoms with Crippen molar-refractivity contribution in [3.05, 3.63) is 28.7 Å². The maximum absolute atomic E-state index is 11.2. The fourth-order valence-electron chi connectivity index (χ4n) is 0.928. The summed E-state index contributed by atoms with van der Waals surface area (Å²) in [6.07, 6.45) is 1.27. The van der Waals surface area contributed by atoms with Gasteiger partial charge in [0, 0.05) is 12.3 Å². The molecular formula is C9H12N2O3. The summed E-state index contributed by atoms with van der Waals surface area (Å²) in [5.41, 5.74) is -0.312. The Kier molecular flexibility index (Phi) is 3.39. The van der Waals surface area contributed by atoms with Crippen LogP contribution in [0.2, 0.25) is 0 Å². The molecule has 0 saturated heterocycles. The van der Waals surface area contributed by atoms with E-state index in [2.05, 4.69) is 5.10 Å². The maximum Gasteiger partial charge on any atom is 0.328 e. The van der Waals surface area contributed by atoms with Crippen molar-refractivity contribution < 1.29 is 9.53 Å². The van der Waals surface area contributed by atoms with Crippen molar-refractivity contribution in [1.29, 1.82) is 0 Å². The number of nitrogens with zero attached hydrogens (tertiary/aromatic N) is 2. The average molecular weight is 196 g/mol. The molecule has 1 heterocycles. The van der Waals surface area contributed by atoms with Crippen molar-refractivity contribution in [2.75, 3.05) is 0 Å². The zero-order chi connectivity index (χ0) is 10.6. The van der Waals surface area contributed by atoms with Crippen LogP contribution in [0.1, 0.15) is 13.8 Å². The zero-order valence-corrected chi connectivity index (χ0v) is 8.14. The van der Waals surface area contributed by atoms with Gasteiger partial charge in [-0.3, -0.25) is 9.59 Å². The molecule has 0 fully saturated rings. The molecule has 1 aromatic rings. The highest BCUT2D eigenvalue weighted by Crippen LogP contribution is 1.90. The summed E-state index contributed by atoms with van der Waals surface area (Å²) >= 11 is 0. The van der Waals surface area contributed by atoms with Crippen LogP contribution in [-0.2, 0) is 16.1 Å². The van der Waals surface area contributed by atoms with E-state index in [4.69, 9.17) is 4.74 Å². The summed E-state index contributed by atoms with van der Waals surface area (Å²) in [6, 6.07) is 2.86. The Labute approximate surface area is 81.3 Å². The molecule has 0 unspecified atom stereocenters. The predicted molar refractivity (Wildman–Crippen MR) is 49.7 cm³/mol. The first-order valence-electron chi connectivity index (χ1n) is 4.31. The Morgan fingerprint density at radius 1 is 1.64 bits per heavy atom. The van der Waals surface area contributed by atoms with E-state index in [9.17, 15) is 9.59 Å². The van der Waals surface area contributed by atoms with Gasteiger partial charge in [0.05, 0.1) is 6.10 Å². The Balaban J connectivity index is 2.65. The third kappa shape index (κ3) is 3.01. The molecule has 14 heavy (non-hydrogen) atoms. The van der Waals surface area contributed by atoms with Crippen LogP contribution in [0.4, 0.5) is 0 Å². The largest absolute Gasteiger partial charge is 0.462 e. The number of hydrogen-bond donors (Lipinski definition) is 0. The molecule has 5 heteroatoms. The quantitative estimate of drug-likeness (QED) is 0.648. The highest BCUT2D eigenvalue weighted by molar-refractivity contribution is 5.69. The second-order valence-electron chi connectivity index (χ2n) is 3.06. The van der Waals surface area contributed by atoms with Crippen LogP contribution in [0, 0.1) is 0 Å². The minimum absolute atomic E-state index is 0.141. The smallest absolute Gasteiger partial charge is 0.328 e. The van der Waals surface area contributed by atoms with Crippen molar-refractivity contribution >= 4 is 5.97 Å². The summed E-state index contributed by atoms with van der Waals surface area (Å²) in [6.45, 7) is 3.36. The van der Waals surface area contributed by atoms with E-state index in [-0.39, 0.29) is 18.2 Å². The van der Waals surface area contributed by atoms with Crippen molar-refractivity contribution in [2.24, 2.45) is 0 Å². The molecule has 1 aromatic heterocycles. The Bertz CT molecular complexity index is 370. The van der Waals surface area contributed by atoms with E-state index < -0.39 is 5.97 Å². The summed E-state index contributed by atoms with van der Waals surface area (Å²) in [7, 11) is 0. The van der Waals surface area contributed by atoms with Gasteiger partial charge < -0.3 is 4.74 Å². The van der Waals surface area contributed by atoms with E-state index in [0.29, 0.717) is 0 Å². The fourth-order valence-corrected chi connectivity index (χ4v) is 0.928. The SMILES string of the molecule is CC(C)OC(=O)Cn1ncccc1=O. The minimum atomic E-state index is -0.458. The van der Waals surface area contributed by atoms with E-state index in [1.807, 2.05) is 0 Å². The molecule has 0 N–H and O–H groups in total. The second kappa shape index (κ2) is 4.55. The Hall–Kier alpha value is -1.65. The summed E-state index contributed by atoms with van der Waals surface area (Å²) < 4.78 is 5.93. The van der Waals surface area contributed by atoms with Crippen LogP contribution in [-0.4, -0.2) is 21.9 Å². The van der Waals surface area contributed by atoms with Gasteiger partial charge in [-0.2, -0.15) is 5.10 Å². The van der Waals surface area contributed by atoms with Crippen LogP contribution < -0.4 is 5.56 Å². The first kappa shape index (κ1) is 10.4. The lowest BCUT2D eigenvalue weighted by Crippen LogP contribution is -2.27. The van der Waals surface area contributed by atoms with Gasteiger partial charge in [0.25, 0.3) is 5.56 Å². The maximum atomic E-state index is 11.2. The number of carbonyl (C=O) groups is 1. The molecular weight excluding hydrogens is 184 g/mol. The number of aromatic nitrogens is 2. The highest BCUT2D eigenvalue weighted by Gasteiger charge is 2.07. The lowest BCUT2D eigenvalue weighted by molar-refractivity contribution is -0.148. The van der Waals surface area contributed by atoms with E-state index in [0.717, 1.165) is 4.68 Å². The van der Waals surface area contributed by atoms with Crippen molar-refractivity contribution in [3.8, 4) is 0 Å². The summed E-state index contributed by atoms with van der Waals surface area (Å²) in [5.74, 6) is -0.458. The van der Waals surface area contributed by atoms with E-state index >= 15 is 0 Å². The average Bonchev–Trinajstić information content (AvgIpc) is 2.07. The summed E-state index contributed by atoms with van der Waals surface area (Å²) in [5, 5.41) is 3.73. The van der Waals surface area contributed by atoms with Crippen LogP contribution in [0.15, 0.2) is 23.1 Å². The molecule has 0 bridgehead atoms. The van der Waals surface area contributed by atoms with Gasteiger partial charge in [0.2, 0.25) is 0 Å². The molecule has 0 aliphatic heterocycles. The molecule has 0 aliphatic carbocycles. The topological polar surface area (TPSA) is 61.2 Å². The first-order valence-corrected chi connectivity index (χ1v) is 4.31. The van der Waals surface area contributed by atoms with E-state index in [1.54, 1.807) is 13.8 Å². The number of carbonyl (C=O) groups excluding carboxylic acids is 1. The Morgan fingerprint density at radius 3 is 2.93 bits per heavy atom. The van der Waals surface area contributed by atoms with Crippen molar-refractivity contribution in [1.82, 2.24) is 9.78 Å². The first-order chi connectivity index (χ1) is 6.59. The molecule has 0 radical (unpaired) electrons. The predicted octanol–water partition coefficient (Wildman–Crippen LogP) is 0.195. The molecule has 0 aromatic carbocycles. The fraction of sp³-hybridized carbons (Fsp3) is 0.444. The number of esters is 1. The van der Waals surface area contributed by atoms with Gasteiger partial charge in [-0.15, -0.1) is 0 Å². The lowest BCUT2D eigenvalue weighted by atomic mass is 10.5. The molecule has 0 aliphatic rings. The molecule has 0 spiro atoms. The molecule has 76 valence electrons. The third-order valence-corrected chi connectivity index (χ3v) is 1.43. The molecule has 5 nitrogen and oxygen atoms in total. The third-order valence-electron chi connectivity index (χ3n) is 1.43. The van der Waals surface area contributed by atoms with Crippen molar-refractivity contribution in [3.63, 3.8) is 0 Å². The zero-order valence-electron chi connectivity index (χ0n) is 8.14. The van der Waals surface area contributed by atoms with Crippen LogP contribution >= 0.6 is 0 Å². The van der Waals surface area contributed by atoms with Crippen molar-refractivity contribution in [2.45, 2.75) is 26.5 Å². The minimum Gasteiger partial charge on any atom is -0.462 e. The molecule has 0 amide bonds. The van der Waals surface area contributed by atoms with Gasteiger partial charge in [0.1, 0.15) is 6.54 Å². The monoisotopic (exact) mass is 196 g/mol. The number of hydrogen-bond acceptors (Lipinski definition) is 4. The molecule has 0 saturated carbocycles. The standard InChI is InChI=1S/C9H12N2O3/c1-7(2)14-9(13)6-11-8(12)4-3-5-10-11/h3-5,7H,6H2,1-2H3. The molecule has 0 atom stereocenters. The van der Waals surface area contributed by atoms with Crippen LogP contribution in [0.25, 0.3) is 0 Å². The second-order valence-corrected chi connectivity index (χ2v) is 3.06. The summed E-state index contributed by atoms with van der Waals surface area (Å²) in [4.78, 5) is 22.3. The normalized spacial score (nSPS) is 10.2. The van der Waals surface area contributed by atoms with Crippen LogP contribution in [0.5, 0.6) is 0 Å². The van der Waals surface area contributed by atoms with Gasteiger partial charge >= 0.3 is 5.97 Å².